The third kappa shape index (κ3) is 14.6. The van der Waals surface area contributed by atoms with Crippen molar-refractivity contribution in [3.8, 4) is 11.5 Å². The second-order valence-electron chi connectivity index (χ2n) is 21.6. The zero-order chi connectivity index (χ0) is 56.7. The van der Waals surface area contributed by atoms with Gasteiger partial charge in [0.25, 0.3) is 0 Å². The van der Waals surface area contributed by atoms with Crippen LogP contribution in [0.1, 0.15) is 125 Å². The zero-order valence-corrected chi connectivity index (χ0v) is 48.5. The van der Waals surface area contributed by atoms with Crippen LogP contribution in [0, 0.1) is 25.6 Å². The normalized spacial score (nSPS) is 14.6. The van der Waals surface area contributed by atoms with Gasteiger partial charge < -0.3 is 29.2 Å². The van der Waals surface area contributed by atoms with E-state index in [9.17, 15) is 32.0 Å². The molecule has 1 aliphatic heterocycles. The number of aryl methyl sites for hydroxylation is 1. The summed E-state index contributed by atoms with van der Waals surface area (Å²) < 4.78 is 64.0. The Balaban J connectivity index is 0.977. The number of amides is 2. The van der Waals surface area contributed by atoms with Gasteiger partial charge in [-0.05, 0) is 155 Å². The molecule has 3 aromatic carbocycles. The number of fused-ring (bicyclic) bond motifs is 1. The maximum atomic E-state index is 14.7. The predicted molar refractivity (Wildman–Crippen MR) is 299 cm³/mol. The molecule has 22 heteroatoms. The number of halogens is 1. The highest BCUT2D eigenvalue weighted by Gasteiger charge is 2.39. The third-order valence-electron chi connectivity index (χ3n) is 13.1. The lowest BCUT2D eigenvalue weighted by Crippen LogP contribution is -2.39. The van der Waals surface area contributed by atoms with Crippen LogP contribution < -0.4 is 14.8 Å². The summed E-state index contributed by atoms with van der Waals surface area (Å²) in [5.41, 5.74) is 2.92. The Hall–Kier alpha value is -6.49. The second-order valence-corrected chi connectivity index (χ2v) is 26.9. The SMILES string of the molecule is Cc1[nH]nc(Nc2ncnc3cc(OCCOCCOc4ccc(C[C@H](CCC(=O)C(C)(C)SN(C)C(=O)OC(C)(C)C)C(=O)N5CCC[C@H]5c5nc(C(=O)c6ccc(F)cc6)cs5)cc4)c(S(=O)(=O)C(C)(C)C)cc23)c1C. The average molecular weight is 1130 g/mol. The molecule has 78 heavy (non-hydrogen) atoms. The van der Waals surface area contributed by atoms with Gasteiger partial charge in [0, 0.05) is 59.6 Å². The maximum Gasteiger partial charge on any atom is 0.420 e. The van der Waals surface area contributed by atoms with Crippen molar-refractivity contribution in [1.82, 2.24) is 34.4 Å². The van der Waals surface area contributed by atoms with E-state index in [0.717, 1.165) is 35.2 Å². The van der Waals surface area contributed by atoms with Crippen LogP contribution in [0.5, 0.6) is 11.5 Å². The van der Waals surface area contributed by atoms with Gasteiger partial charge in [0.15, 0.2) is 15.7 Å². The Bertz CT molecular complexity index is 3230. The predicted octanol–water partition coefficient (Wildman–Crippen LogP) is 10.8. The Kier molecular flexibility index (Phi) is 18.7. The number of aromatic amines is 1. The molecule has 1 aliphatic rings. The Morgan fingerprint density at radius 1 is 0.923 bits per heavy atom. The lowest BCUT2D eigenvalue weighted by atomic mass is 9.90. The summed E-state index contributed by atoms with van der Waals surface area (Å²) in [6.07, 6.45) is 2.81. The van der Waals surface area contributed by atoms with Crippen LogP contribution in [0.25, 0.3) is 10.9 Å². The minimum Gasteiger partial charge on any atom is -0.491 e. The number of carbonyl (C=O) groups excluding carboxylic acids is 4. The topological polar surface area (TPSA) is 225 Å². The number of rotatable bonds is 23. The Morgan fingerprint density at radius 2 is 1.62 bits per heavy atom. The van der Waals surface area contributed by atoms with Crippen molar-refractivity contribution >= 4 is 79.2 Å². The summed E-state index contributed by atoms with van der Waals surface area (Å²) in [6, 6.07) is 15.4. The molecule has 0 bridgehead atoms. The molecule has 1 saturated heterocycles. The van der Waals surface area contributed by atoms with E-state index in [4.69, 9.17) is 18.9 Å². The molecule has 1 fully saturated rings. The van der Waals surface area contributed by atoms with E-state index in [2.05, 4.69) is 30.5 Å². The number of nitrogens with zero attached hydrogens (tertiary/aromatic N) is 6. The van der Waals surface area contributed by atoms with E-state index in [-0.39, 0.29) is 79.1 Å². The summed E-state index contributed by atoms with van der Waals surface area (Å²) in [5, 5.41) is 13.2. The fourth-order valence-corrected chi connectivity index (χ4v) is 11.8. The summed E-state index contributed by atoms with van der Waals surface area (Å²) in [5.74, 6) is -0.00223. The van der Waals surface area contributed by atoms with Crippen molar-refractivity contribution in [3.05, 3.63) is 111 Å². The number of aromatic nitrogens is 5. The van der Waals surface area contributed by atoms with Gasteiger partial charge in [-0.1, -0.05) is 12.1 Å². The van der Waals surface area contributed by atoms with Gasteiger partial charge >= 0.3 is 6.09 Å². The highest BCUT2D eigenvalue weighted by Crippen LogP contribution is 2.39. The smallest absolute Gasteiger partial charge is 0.420 e. The zero-order valence-electron chi connectivity index (χ0n) is 46.0. The lowest BCUT2D eigenvalue weighted by Gasteiger charge is -2.31. The van der Waals surface area contributed by atoms with Crippen molar-refractivity contribution in [1.29, 1.82) is 0 Å². The first-order valence-corrected chi connectivity index (χ1v) is 28.9. The van der Waals surface area contributed by atoms with E-state index in [0.29, 0.717) is 58.2 Å². The monoisotopic (exact) mass is 1130 g/mol. The summed E-state index contributed by atoms with van der Waals surface area (Å²) in [6.45, 7) is 18.6. The molecular weight excluding hydrogens is 1060 g/mol. The number of hydrogen-bond acceptors (Lipinski definition) is 17. The van der Waals surface area contributed by atoms with Gasteiger partial charge in [-0.3, -0.25) is 23.8 Å². The van der Waals surface area contributed by atoms with Crippen molar-refractivity contribution in [2.75, 3.05) is 45.3 Å². The molecule has 2 amide bonds. The van der Waals surface area contributed by atoms with Crippen LogP contribution in [-0.4, -0.2) is 121 Å². The molecule has 3 aromatic heterocycles. The van der Waals surface area contributed by atoms with E-state index in [1.54, 1.807) is 78.8 Å². The Labute approximate surface area is 463 Å². The number of ketones is 2. The van der Waals surface area contributed by atoms with E-state index >= 15 is 0 Å². The third-order valence-corrected chi connectivity index (χ3v) is 17.7. The number of hydrogen-bond donors (Lipinski definition) is 2. The van der Waals surface area contributed by atoms with E-state index < -0.39 is 42.8 Å². The summed E-state index contributed by atoms with van der Waals surface area (Å²) >= 11 is 2.37. The first kappa shape index (κ1) is 59.2. The molecule has 6 aromatic rings. The molecule has 2 atom stereocenters. The maximum absolute atomic E-state index is 14.7. The number of nitrogens with one attached hydrogen (secondary N) is 2. The number of likely N-dealkylation sites (tertiary alicyclic amines) is 1. The molecule has 418 valence electrons. The molecule has 0 radical (unpaired) electrons. The molecule has 2 N–H and O–H groups in total. The molecule has 18 nitrogen and oxygen atoms in total. The first-order valence-electron chi connectivity index (χ1n) is 25.7. The Morgan fingerprint density at radius 3 is 2.27 bits per heavy atom. The number of benzene rings is 3. The number of anilines is 2. The standard InChI is InChI=1S/C56H69FN8O10S3/c1-34-35(2)62-63-49(34)61-50-41-30-46(78(70,71)55(6,7)8)45(31-42(41)58-33-59-50)74-28-26-72-25-27-73-40-21-14-36(15-22-40)29-38(18-23-47(66)56(9,10)77-64(11)53(69)75-54(3,4)5)52(68)65-24-12-13-44(65)51-60-43(32-76-51)48(67)37-16-19-39(57)20-17-37/h14-17,19-22,30-33,38,44H,12-13,18,23-29H2,1-11H3,(H2,58,59,61,62,63)/t38-,44-/m0/s1. The van der Waals surface area contributed by atoms with Crippen LogP contribution in [0.3, 0.4) is 0 Å². The number of carbonyl (C=O) groups is 4. The molecule has 7 rings (SSSR count). The molecule has 0 saturated carbocycles. The van der Waals surface area contributed by atoms with Gasteiger partial charge in [0.05, 0.1) is 34.3 Å². The lowest BCUT2D eigenvalue weighted by molar-refractivity contribution is -0.137. The second kappa shape index (κ2) is 24.7. The average Bonchev–Trinajstić information content (AvgIpc) is 4.19. The summed E-state index contributed by atoms with van der Waals surface area (Å²) in [7, 11) is -2.33. The molecule has 0 spiro atoms. The quantitative estimate of drug-likeness (QED) is 0.0346. The minimum absolute atomic E-state index is 0.00137. The van der Waals surface area contributed by atoms with Gasteiger partial charge in [-0.2, -0.15) is 5.10 Å². The van der Waals surface area contributed by atoms with E-state index in [1.165, 1.54) is 52.3 Å². The number of sulfone groups is 1. The number of H-pyrrole nitrogens is 1. The number of thiazole rings is 1. The highest BCUT2D eigenvalue weighted by atomic mass is 32.2. The van der Waals surface area contributed by atoms with Crippen LogP contribution in [-0.2, 0) is 35.3 Å². The van der Waals surface area contributed by atoms with Gasteiger partial charge in [-0.15, -0.1) is 11.3 Å². The number of Topliss-reactive ketones (excluding diaryl/α,β-unsaturated/α-hetero) is 1. The fourth-order valence-electron chi connectivity index (χ4n) is 8.56. The largest absolute Gasteiger partial charge is 0.491 e. The van der Waals surface area contributed by atoms with Gasteiger partial charge in [-0.25, -0.2) is 32.6 Å². The van der Waals surface area contributed by atoms with Gasteiger partial charge in [0.2, 0.25) is 11.7 Å². The van der Waals surface area contributed by atoms with Crippen molar-refractivity contribution in [2.45, 2.75) is 127 Å². The summed E-state index contributed by atoms with van der Waals surface area (Å²) in [4.78, 5) is 70.0. The molecule has 4 heterocycles. The fraction of sp³-hybridized carbons (Fsp3) is 0.464. The molecular formula is C56H69FN8O10S3. The number of ether oxygens (including phenoxy) is 4. The van der Waals surface area contributed by atoms with Gasteiger partial charge in [0.1, 0.15) is 69.7 Å². The molecule has 0 unspecified atom stereocenters. The van der Waals surface area contributed by atoms with E-state index in [1.807, 2.05) is 38.1 Å². The van der Waals surface area contributed by atoms with Crippen molar-refractivity contribution in [2.24, 2.45) is 5.92 Å². The highest BCUT2D eigenvalue weighted by molar-refractivity contribution is 7.99. The molecule has 0 aliphatic carbocycles. The van der Waals surface area contributed by atoms with Crippen LogP contribution in [0.2, 0.25) is 0 Å². The van der Waals surface area contributed by atoms with Crippen molar-refractivity contribution in [3.63, 3.8) is 0 Å². The first-order chi connectivity index (χ1) is 36.7. The van der Waals surface area contributed by atoms with Crippen LogP contribution in [0.15, 0.2) is 77.3 Å². The van der Waals surface area contributed by atoms with Crippen LogP contribution >= 0.6 is 23.3 Å². The van der Waals surface area contributed by atoms with Crippen LogP contribution in [0.4, 0.5) is 20.8 Å². The van der Waals surface area contributed by atoms with Crippen molar-refractivity contribution < 1.29 is 50.9 Å². The minimum atomic E-state index is -3.90.